The predicted octanol–water partition coefficient (Wildman–Crippen LogP) is 1.35. The standard InChI is InChI=1S/C11H11N3O5S2/c1-6-12-13-11(20-6)14-21(17,18)9-4-3-7(10(15)16)5-8(9)19-2/h3-5H,1-2H3,(H,13,14)(H,15,16). The van der Waals surface area contributed by atoms with Gasteiger partial charge in [0.1, 0.15) is 15.7 Å². The second-order valence-corrected chi connectivity index (χ2v) is 6.73. The minimum Gasteiger partial charge on any atom is -0.495 e. The van der Waals surface area contributed by atoms with Gasteiger partial charge in [0, 0.05) is 0 Å². The molecule has 0 aliphatic rings. The highest BCUT2D eigenvalue weighted by atomic mass is 32.2. The third-order valence-electron chi connectivity index (χ3n) is 2.45. The number of benzene rings is 1. The fourth-order valence-electron chi connectivity index (χ4n) is 1.53. The van der Waals surface area contributed by atoms with Gasteiger partial charge in [-0.15, -0.1) is 10.2 Å². The number of hydrogen-bond acceptors (Lipinski definition) is 7. The van der Waals surface area contributed by atoms with Gasteiger partial charge in [0.2, 0.25) is 5.13 Å². The molecule has 0 bridgehead atoms. The number of hydrogen-bond donors (Lipinski definition) is 2. The quantitative estimate of drug-likeness (QED) is 0.850. The number of sulfonamides is 1. The smallest absolute Gasteiger partial charge is 0.335 e. The Morgan fingerprint density at radius 2 is 2.10 bits per heavy atom. The second-order valence-electron chi connectivity index (χ2n) is 3.90. The van der Waals surface area contributed by atoms with Crippen LogP contribution in [0.4, 0.5) is 5.13 Å². The van der Waals surface area contributed by atoms with E-state index in [-0.39, 0.29) is 21.3 Å². The molecule has 1 aromatic heterocycles. The predicted molar refractivity (Wildman–Crippen MR) is 75.4 cm³/mol. The lowest BCUT2D eigenvalue weighted by Crippen LogP contribution is -2.14. The van der Waals surface area contributed by atoms with Gasteiger partial charge >= 0.3 is 5.97 Å². The summed E-state index contributed by atoms with van der Waals surface area (Å²) in [5, 5.41) is 17.0. The third-order valence-corrected chi connectivity index (χ3v) is 4.71. The molecule has 0 unspecified atom stereocenters. The van der Waals surface area contributed by atoms with Crippen molar-refractivity contribution < 1.29 is 23.1 Å². The fraction of sp³-hybridized carbons (Fsp3) is 0.182. The van der Waals surface area contributed by atoms with Crippen LogP contribution in [-0.2, 0) is 10.0 Å². The summed E-state index contributed by atoms with van der Waals surface area (Å²) in [7, 11) is -2.69. The van der Waals surface area contributed by atoms with Crippen LogP contribution in [0.15, 0.2) is 23.1 Å². The van der Waals surface area contributed by atoms with E-state index in [9.17, 15) is 13.2 Å². The molecule has 0 aliphatic carbocycles. The number of carboxylic acids is 1. The van der Waals surface area contributed by atoms with Crippen LogP contribution in [0.25, 0.3) is 0 Å². The van der Waals surface area contributed by atoms with Gasteiger partial charge in [-0.3, -0.25) is 4.72 Å². The molecule has 0 amide bonds. The lowest BCUT2D eigenvalue weighted by Gasteiger charge is -2.10. The zero-order chi connectivity index (χ0) is 15.6. The summed E-state index contributed by atoms with van der Waals surface area (Å²) >= 11 is 1.08. The molecule has 0 radical (unpaired) electrons. The summed E-state index contributed by atoms with van der Waals surface area (Å²) in [6, 6.07) is 3.49. The first kappa shape index (κ1) is 15.2. The maximum atomic E-state index is 12.3. The molecule has 0 aliphatic heterocycles. The molecular formula is C11H11N3O5S2. The van der Waals surface area contributed by atoms with Gasteiger partial charge in [-0.2, -0.15) is 0 Å². The first-order valence-electron chi connectivity index (χ1n) is 5.58. The van der Waals surface area contributed by atoms with Gasteiger partial charge in [0.05, 0.1) is 12.7 Å². The molecule has 10 heteroatoms. The number of aromatic carboxylic acids is 1. The Balaban J connectivity index is 2.42. The van der Waals surface area contributed by atoms with E-state index in [2.05, 4.69) is 14.9 Å². The highest BCUT2D eigenvalue weighted by Crippen LogP contribution is 2.27. The van der Waals surface area contributed by atoms with Gasteiger partial charge in [0.25, 0.3) is 10.0 Å². The van der Waals surface area contributed by atoms with Crippen molar-refractivity contribution in [1.82, 2.24) is 10.2 Å². The zero-order valence-corrected chi connectivity index (χ0v) is 12.7. The summed E-state index contributed by atoms with van der Waals surface area (Å²) in [4.78, 5) is 10.7. The number of ether oxygens (including phenoxy) is 1. The van der Waals surface area contributed by atoms with E-state index in [1.165, 1.54) is 19.2 Å². The van der Waals surface area contributed by atoms with Crippen LogP contribution >= 0.6 is 11.3 Å². The molecule has 8 nitrogen and oxygen atoms in total. The summed E-state index contributed by atoms with van der Waals surface area (Å²) in [6.45, 7) is 1.69. The minimum atomic E-state index is -3.95. The van der Waals surface area contributed by atoms with Crippen molar-refractivity contribution in [3.8, 4) is 5.75 Å². The highest BCUT2D eigenvalue weighted by Gasteiger charge is 2.22. The number of aryl methyl sites for hydroxylation is 1. The van der Waals surface area contributed by atoms with E-state index >= 15 is 0 Å². The van der Waals surface area contributed by atoms with Crippen LogP contribution in [0.3, 0.4) is 0 Å². The Labute approximate surface area is 124 Å². The van der Waals surface area contributed by atoms with Gasteiger partial charge in [-0.05, 0) is 25.1 Å². The highest BCUT2D eigenvalue weighted by molar-refractivity contribution is 7.93. The van der Waals surface area contributed by atoms with Crippen LogP contribution in [-0.4, -0.2) is 36.8 Å². The molecule has 1 aromatic carbocycles. The van der Waals surface area contributed by atoms with E-state index in [0.717, 1.165) is 17.4 Å². The molecule has 1 heterocycles. The Morgan fingerprint density at radius 3 is 2.62 bits per heavy atom. The molecule has 2 aromatic rings. The number of nitrogens with zero attached hydrogens (tertiary/aromatic N) is 2. The molecule has 0 saturated carbocycles. The normalized spacial score (nSPS) is 11.1. The van der Waals surface area contributed by atoms with Gasteiger partial charge in [-0.25, -0.2) is 13.2 Å². The average molecular weight is 329 g/mol. The van der Waals surface area contributed by atoms with Crippen molar-refractivity contribution in [2.75, 3.05) is 11.8 Å². The molecular weight excluding hydrogens is 318 g/mol. The van der Waals surface area contributed by atoms with E-state index in [0.29, 0.717) is 5.01 Å². The van der Waals surface area contributed by atoms with E-state index < -0.39 is 16.0 Å². The summed E-state index contributed by atoms with van der Waals surface area (Å²) in [5.74, 6) is -1.24. The summed E-state index contributed by atoms with van der Waals surface area (Å²) < 4.78 is 31.8. The van der Waals surface area contributed by atoms with Crippen LogP contribution in [0.5, 0.6) is 5.75 Å². The lowest BCUT2D eigenvalue weighted by atomic mass is 10.2. The number of methoxy groups -OCH3 is 1. The number of anilines is 1. The molecule has 0 spiro atoms. The fourth-order valence-corrected chi connectivity index (χ4v) is 3.50. The first-order valence-corrected chi connectivity index (χ1v) is 7.87. The van der Waals surface area contributed by atoms with E-state index in [1.54, 1.807) is 6.92 Å². The van der Waals surface area contributed by atoms with Crippen molar-refractivity contribution in [2.24, 2.45) is 0 Å². The van der Waals surface area contributed by atoms with Gasteiger partial charge in [0.15, 0.2) is 0 Å². The Bertz CT molecular complexity index is 785. The van der Waals surface area contributed by atoms with Crippen molar-refractivity contribution in [3.63, 3.8) is 0 Å². The van der Waals surface area contributed by atoms with Gasteiger partial charge in [-0.1, -0.05) is 11.3 Å². The number of carbonyl (C=O) groups is 1. The first-order chi connectivity index (χ1) is 9.83. The minimum absolute atomic E-state index is 0.0661. The maximum absolute atomic E-state index is 12.3. The van der Waals surface area contributed by atoms with Crippen molar-refractivity contribution >= 4 is 32.5 Å². The molecule has 112 valence electrons. The average Bonchev–Trinajstić information content (AvgIpc) is 2.82. The second kappa shape index (κ2) is 5.66. The summed E-state index contributed by atoms with van der Waals surface area (Å²) in [5.41, 5.74) is -0.0717. The SMILES string of the molecule is COc1cc(C(=O)O)ccc1S(=O)(=O)Nc1nnc(C)s1. The third kappa shape index (κ3) is 3.28. The largest absolute Gasteiger partial charge is 0.495 e. The molecule has 0 saturated heterocycles. The van der Waals surface area contributed by atoms with Crippen molar-refractivity contribution in [1.29, 1.82) is 0 Å². The lowest BCUT2D eigenvalue weighted by molar-refractivity contribution is 0.0696. The molecule has 2 rings (SSSR count). The van der Waals surface area contributed by atoms with E-state index in [4.69, 9.17) is 9.84 Å². The monoisotopic (exact) mass is 329 g/mol. The van der Waals surface area contributed by atoms with Crippen molar-refractivity contribution in [2.45, 2.75) is 11.8 Å². The number of carboxylic acid groups (broad SMARTS) is 1. The van der Waals surface area contributed by atoms with Crippen molar-refractivity contribution in [3.05, 3.63) is 28.8 Å². The number of aromatic nitrogens is 2. The number of nitrogens with one attached hydrogen (secondary N) is 1. The van der Waals surface area contributed by atoms with Crippen LogP contribution < -0.4 is 9.46 Å². The zero-order valence-electron chi connectivity index (χ0n) is 11.0. The molecule has 0 atom stereocenters. The topological polar surface area (TPSA) is 118 Å². The maximum Gasteiger partial charge on any atom is 0.335 e. The Morgan fingerprint density at radius 1 is 1.38 bits per heavy atom. The Kier molecular flexibility index (Phi) is 4.09. The number of rotatable bonds is 5. The molecule has 0 fully saturated rings. The summed E-state index contributed by atoms with van der Waals surface area (Å²) in [6.07, 6.45) is 0. The molecule has 2 N–H and O–H groups in total. The van der Waals surface area contributed by atoms with Crippen LogP contribution in [0, 0.1) is 6.92 Å². The van der Waals surface area contributed by atoms with Crippen LogP contribution in [0.2, 0.25) is 0 Å². The molecule has 21 heavy (non-hydrogen) atoms. The van der Waals surface area contributed by atoms with E-state index in [1.807, 2.05) is 0 Å². The van der Waals surface area contributed by atoms with Gasteiger partial charge < -0.3 is 9.84 Å². The Hall–Kier alpha value is -2.20. The van der Waals surface area contributed by atoms with Crippen LogP contribution in [0.1, 0.15) is 15.4 Å².